The highest BCUT2D eigenvalue weighted by molar-refractivity contribution is 6.46. The molecule has 3 aromatic rings. The highest BCUT2D eigenvalue weighted by atomic mass is 35.5. The number of carboxylic acids is 1. The van der Waals surface area contributed by atoms with E-state index < -0.39 is 29.5 Å². The van der Waals surface area contributed by atoms with E-state index in [0.717, 1.165) is 5.69 Å². The molecule has 0 spiro atoms. The SMILES string of the molecule is COc1c(Cl)cc(Cl)cc1/C(O)=C1\C(=O)C(=O)N(Cc2ccc(C(=O)O)cc2)C1c1ccc(N(C)C)cc1. The van der Waals surface area contributed by atoms with Crippen molar-refractivity contribution < 1.29 is 29.3 Å². The van der Waals surface area contributed by atoms with Crippen LogP contribution in [0.25, 0.3) is 5.76 Å². The topological polar surface area (TPSA) is 107 Å². The predicted octanol–water partition coefficient (Wildman–Crippen LogP) is 5.39. The lowest BCUT2D eigenvalue weighted by Gasteiger charge is -2.26. The number of hydrogen-bond donors (Lipinski definition) is 2. The molecule has 1 aliphatic rings. The van der Waals surface area contributed by atoms with Gasteiger partial charge < -0.3 is 24.7 Å². The van der Waals surface area contributed by atoms with Gasteiger partial charge in [-0.3, -0.25) is 9.59 Å². The number of ether oxygens (including phenoxy) is 1. The number of carboxylic acid groups (broad SMARTS) is 1. The maximum Gasteiger partial charge on any atom is 0.335 e. The van der Waals surface area contributed by atoms with Gasteiger partial charge in [0.25, 0.3) is 11.7 Å². The Balaban J connectivity index is 1.89. The van der Waals surface area contributed by atoms with Crippen LogP contribution in [0, 0.1) is 0 Å². The van der Waals surface area contributed by atoms with Crippen molar-refractivity contribution in [2.24, 2.45) is 0 Å². The molecule has 10 heteroatoms. The Hall–Kier alpha value is -4.01. The van der Waals surface area contributed by atoms with E-state index in [1.54, 1.807) is 24.3 Å². The Kier molecular flexibility index (Phi) is 7.66. The minimum atomic E-state index is -1.08. The van der Waals surface area contributed by atoms with Crippen LogP contribution in [0.15, 0.2) is 66.2 Å². The van der Waals surface area contributed by atoms with Crippen molar-refractivity contribution >= 4 is 52.3 Å². The van der Waals surface area contributed by atoms with E-state index in [0.29, 0.717) is 11.1 Å². The summed E-state index contributed by atoms with van der Waals surface area (Å²) in [7, 11) is 5.14. The Labute approximate surface area is 229 Å². The minimum absolute atomic E-state index is 0.00517. The molecule has 196 valence electrons. The zero-order chi connectivity index (χ0) is 27.7. The molecule has 38 heavy (non-hydrogen) atoms. The highest BCUT2D eigenvalue weighted by Gasteiger charge is 2.46. The highest BCUT2D eigenvalue weighted by Crippen LogP contribution is 2.44. The Bertz CT molecular complexity index is 1450. The van der Waals surface area contributed by atoms with Crippen LogP contribution in [0.3, 0.4) is 0 Å². The van der Waals surface area contributed by atoms with Gasteiger partial charge in [-0.05, 0) is 47.5 Å². The predicted molar refractivity (Wildman–Crippen MR) is 145 cm³/mol. The summed E-state index contributed by atoms with van der Waals surface area (Å²) < 4.78 is 5.36. The van der Waals surface area contributed by atoms with E-state index in [1.807, 2.05) is 31.1 Å². The second-order valence-electron chi connectivity index (χ2n) is 8.88. The number of Topliss-reactive ketones (excluding diaryl/α,β-unsaturated/α-hetero) is 1. The number of hydrogen-bond acceptors (Lipinski definition) is 6. The van der Waals surface area contributed by atoms with Crippen molar-refractivity contribution in [2.45, 2.75) is 12.6 Å². The molecule has 1 heterocycles. The van der Waals surface area contributed by atoms with Crippen LogP contribution in [-0.2, 0) is 16.1 Å². The fourth-order valence-electron chi connectivity index (χ4n) is 4.38. The van der Waals surface area contributed by atoms with Gasteiger partial charge in [-0.2, -0.15) is 0 Å². The molecule has 1 saturated heterocycles. The van der Waals surface area contributed by atoms with Crippen molar-refractivity contribution in [1.82, 2.24) is 4.90 Å². The lowest BCUT2D eigenvalue weighted by molar-refractivity contribution is -0.140. The van der Waals surface area contributed by atoms with Crippen LogP contribution in [0.1, 0.15) is 33.1 Å². The van der Waals surface area contributed by atoms with E-state index in [9.17, 15) is 24.6 Å². The van der Waals surface area contributed by atoms with Gasteiger partial charge in [0.15, 0.2) is 0 Å². The molecule has 1 atom stereocenters. The fourth-order valence-corrected chi connectivity index (χ4v) is 4.95. The van der Waals surface area contributed by atoms with Gasteiger partial charge in [-0.15, -0.1) is 0 Å². The average molecular weight is 555 g/mol. The first-order valence-corrected chi connectivity index (χ1v) is 12.2. The number of rotatable bonds is 7. The fraction of sp³-hybridized carbons (Fsp3) is 0.179. The first kappa shape index (κ1) is 27.0. The summed E-state index contributed by atoms with van der Waals surface area (Å²) in [6.07, 6.45) is 0. The number of ketones is 1. The summed E-state index contributed by atoms with van der Waals surface area (Å²) in [5.74, 6) is -3.15. The molecule has 3 aromatic carbocycles. The van der Waals surface area contributed by atoms with Gasteiger partial charge in [0, 0.05) is 31.4 Å². The maximum atomic E-state index is 13.4. The van der Waals surface area contributed by atoms with E-state index in [4.69, 9.17) is 27.9 Å². The summed E-state index contributed by atoms with van der Waals surface area (Å²) in [6, 6.07) is 15.1. The molecule has 4 rings (SSSR count). The van der Waals surface area contributed by atoms with Crippen LogP contribution in [0.2, 0.25) is 10.0 Å². The normalized spacial score (nSPS) is 16.6. The molecule has 0 bridgehead atoms. The van der Waals surface area contributed by atoms with Gasteiger partial charge in [0.05, 0.1) is 34.9 Å². The van der Waals surface area contributed by atoms with Gasteiger partial charge in [0.2, 0.25) is 0 Å². The number of aliphatic hydroxyl groups is 1. The second-order valence-corrected chi connectivity index (χ2v) is 9.73. The molecule has 0 aliphatic carbocycles. The van der Waals surface area contributed by atoms with E-state index in [-0.39, 0.29) is 39.0 Å². The minimum Gasteiger partial charge on any atom is -0.507 e. The van der Waals surface area contributed by atoms with Crippen LogP contribution < -0.4 is 9.64 Å². The Morgan fingerprint density at radius 1 is 1.00 bits per heavy atom. The molecule has 1 fully saturated rings. The zero-order valence-electron chi connectivity index (χ0n) is 20.7. The van der Waals surface area contributed by atoms with Crippen LogP contribution in [0.5, 0.6) is 5.75 Å². The van der Waals surface area contributed by atoms with E-state index in [1.165, 1.54) is 36.3 Å². The number of carbonyl (C=O) groups excluding carboxylic acids is 2. The third-order valence-corrected chi connectivity index (χ3v) is 6.79. The number of methoxy groups -OCH3 is 1. The summed E-state index contributed by atoms with van der Waals surface area (Å²) in [5.41, 5.74) is 2.12. The number of likely N-dealkylation sites (tertiary alicyclic amines) is 1. The molecular formula is C28H24Cl2N2O6. The van der Waals surface area contributed by atoms with Crippen molar-refractivity contribution in [3.05, 3.63) is 98.5 Å². The number of aliphatic hydroxyl groups excluding tert-OH is 1. The standard InChI is InChI=1S/C28H24Cl2N2O6/c1-31(2)19-10-8-16(9-11-19)23-22(24(33)20-12-18(29)13-21(30)26(20)38-3)25(34)27(35)32(23)14-15-4-6-17(7-5-15)28(36)37/h4-13,23,33H,14H2,1-3H3,(H,36,37)/b24-22+. The molecule has 1 amide bonds. The number of benzene rings is 3. The number of aromatic carboxylic acids is 1. The van der Waals surface area contributed by atoms with Crippen molar-refractivity contribution in [2.75, 3.05) is 26.1 Å². The van der Waals surface area contributed by atoms with E-state index >= 15 is 0 Å². The quantitative estimate of drug-likeness (QED) is 0.229. The molecule has 1 aliphatic heterocycles. The molecular weight excluding hydrogens is 531 g/mol. The molecule has 0 saturated carbocycles. The summed E-state index contributed by atoms with van der Waals surface area (Å²) in [6.45, 7) is -0.00517. The Morgan fingerprint density at radius 2 is 1.63 bits per heavy atom. The van der Waals surface area contributed by atoms with Gasteiger partial charge in [-0.25, -0.2) is 4.79 Å². The van der Waals surface area contributed by atoms with Crippen molar-refractivity contribution in [1.29, 1.82) is 0 Å². The van der Waals surface area contributed by atoms with Gasteiger partial charge >= 0.3 is 5.97 Å². The summed E-state index contributed by atoms with van der Waals surface area (Å²) >= 11 is 12.5. The third-order valence-electron chi connectivity index (χ3n) is 6.29. The zero-order valence-corrected chi connectivity index (χ0v) is 22.2. The number of carbonyl (C=O) groups is 3. The first-order chi connectivity index (χ1) is 18.0. The molecule has 8 nitrogen and oxygen atoms in total. The molecule has 1 unspecified atom stereocenters. The molecule has 0 aromatic heterocycles. The number of amides is 1. The van der Waals surface area contributed by atoms with Crippen molar-refractivity contribution in [3.8, 4) is 5.75 Å². The maximum absolute atomic E-state index is 13.4. The molecule has 2 N–H and O–H groups in total. The van der Waals surface area contributed by atoms with E-state index in [2.05, 4.69) is 0 Å². The van der Waals surface area contributed by atoms with Crippen LogP contribution >= 0.6 is 23.2 Å². The summed E-state index contributed by atoms with van der Waals surface area (Å²) in [4.78, 5) is 41.2. The second kappa shape index (κ2) is 10.8. The monoisotopic (exact) mass is 554 g/mol. The average Bonchev–Trinajstić information content (AvgIpc) is 3.13. The van der Waals surface area contributed by atoms with Gasteiger partial charge in [-0.1, -0.05) is 47.5 Å². The van der Waals surface area contributed by atoms with Crippen LogP contribution in [-0.4, -0.2) is 54.0 Å². The van der Waals surface area contributed by atoms with Crippen molar-refractivity contribution in [3.63, 3.8) is 0 Å². The third kappa shape index (κ3) is 5.05. The Morgan fingerprint density at radius 3 is 2.18 bits per heavy atom. The number of halogens is 2. The van der Waals surface area contributed by atoms with Crippen LogP contribution in [0.4, 0.5) is 5.69 Å². The number of anilines is 1. The summed E-state index contributed by atoms with van der Waals surface area (Å²) in [5, 5.41) is 21.0. The number of nitrogens with zero attached hydrogens (tertiary/aromatic N) is 2. The smallest absolute Gasteiger partial charge is 0.335 e. The first-order valence-electron chi connectivity index (χ1n) is 11.4. The largest absolute Gasteiger partial charge is 0.507 e. The lowest BCUT2D eigenvalue weighted by atomic mass is 9.94. The molecule has 0 radical (unpaired) electrons. The lowest BCUT2D eigenvalue weighted by Crippen LogP contribution is -2.29. The van der Waals surface area contributed by atoms with Gasteiger partial charge in [0.1, 0.15) is 11.5 Å².